The van der Waals surface area contributed by atoms with Crippen LogP contribution in [0.4, 0.5) is 15.8 Å². The quantitative estimate of drug-likeness (QED) is 0.449. The van der Waals surface area contributed by atoms with Crippen LogP contribution in [0.5, 0.6) is 0 Å². The molecule has 2 rings (SSSR count). The number of nitrogens with one attached hydrogen (secondary N) is 2. The molecule has 0 aromatic heterocycles. The van der Waals surface area contributed by atoms with Gasteiger partial charge in [0.25, 0.3) is 5.69 Å². The molecule has 9 heteroatoms. The normalized spacial score (nSPS) is 11.8. The zero-order chi connectivity index (χ0) is 20.8. The molecular formula is C19H21FN4O4. The van der Waals surface area contributed by atoms with Crippen molar-refractivity contribution in [2.24, 2.45) is 0 Å². The summed E-state index contributed by atoms with van der Waals surface area (Å²) in [4.78, 5) is 36.6. The van der Waals surface area contributed by atoms with Gasteiger partial charge in [-0.05, 0) is 50.3 Å². The molecule has 1 atom stereocenters. The standard InChI is InChI=1S/C19H21FN4O4/c1-12-4-9-15(16(10-12)24(27)28)22-19(26)18(25)21-11-17(23(2)3)13-5-7-14(20)8-6-13/h4-10,17H,11H2,1-3H3,(H,21,25)(H,22,26). The summed E-state index contributed by atoms with van der Waals surface area (Å²) in [7, 11) is 3.58. The van der Waals surface area contributed by atoms with E-state index in [9.17, 15) is 24.1 Å². The summed E-state index contributed by atoms with van der Waals surface area (Å²) in [6.07, 6.45) is 0. The molecule has 2 aromatic carbocycles. The first-order valence-corrected chi connectivity index (χ1v) is 8.45. The summed E-state index contributed by atoms with van der Waals surface area (Å²) in [6.45, 7) is 1.78. The number of nitrogens with zero attached hydrogens (tertiary/aromatic N) is 2. The summed E-state index contributed by atoms with van der Waals surface area (Å²) in [6, 6.07) is 9.82. The van der Waals surface area contributed by atoms with E-state index in [2.05, 4.69) is 10.6 Å². The third-order valence-electron chi connectivity index (χ3n) is 4.14. The lowest BCUT2D eigenvalue weighted by atomic mass is 10.1. The van der Waals surface area contributed by atoms with E-state index in [1.807, 2.05) is 4.90 Å². The summed E-state index contributed by atoms with van der Waals surface area (Å²) in [5.74, 6) is -2.31. The van der Waals surface area contributed by atoms with Crippen molar-refractivity contribution in [3.63, 3.8) is 0 Å². The molecule has 1 unspecified atom stereocenters. The van der Waals surface area contributed by atoms with E-state index in [4.69, 9.17) is 0 Å². The number of likely N-dealkylation sites (N-methyl/N-ethyl adjacent to an activating group) is 1. The summed E-state index contributed by atoms with van der Waals surface area (Å²) < 4.78 is 13.1. The van der Waals surface area contributed by atoms with Crippen molar-refractivity contribution in [3.05, 3.63) is 69.5 Å². The molecule has 0 aliphatic carbocycles. The first-order chi connectivity index (χ1) is 13.2. The molecule has 28 heavy (non-hydrogen) atoms. The first-order valence-electron chi connectivity index (χ1n) is 8.45. The second-order valence-electron chi connectivity index (χ2n) is 6.47. The Bertz CT molecular complexity index is 884. The second-order valence-corrected chi connectivity index (χ2v) is 6.47. The number of nitro groups is 1. The number of rotatable bonds is 6. The van der Waals surface area contributed by atoms with Gasteiger partial charge in [-0.25, -0.2) is 4.39 Å². The van der Waals surface area contributed by atoms with E-state index >= 15 is 0 Å². The number of amides is 2. The van der Waals surface area contributed by atoms with Gasteiger partial charge in [0.1, 0.15) is 11.5 Å². The second kappa shape index (κ2) is 9.05. The molecule has 0 heterocycles. The van der Waals surface area contributed by atoms with Crippen molar-refractivity contribution in [1.29, 1.82) is 0 Å². The number of anilines is 1. The van der Waals surface area contributed by atoms with Gasteiger partial charge in [0, 0.05) is 12.6 Å². The van der Waals surface area contributed by atoms with E-state index in [0.29, 0.717) is 5.56 Å². The van der Waals surface area contributed by atoms with Crippen molar-refractivity contribution in [3.8, 4) is 0 Å². The fraction of sp³-hybridized carbons (Fsp3) is 0.263. The lowest BCUT2D eigenvalue weighted by Crippen LogP contribution is -2.40. The van der Waals surface area contributed by atoms with Gasteiger partial charge in [-0.1, -0.05) is 18.2 Å². The SMILES string of the molecule is Cc1ccc(NC(=O)C(=O)NCC(c2ccc(F)cc2)N(C)C)c([N+](=O)[O-])c1. The third kappa shape index (κ3) is 5.34. The maximum Gasteiger partial charge on any atom is 0.313 e. The van der Waals surface area contributed by atoms with Crippen LogP contribution in [0.15, 0.2) is 42.5 Å². The van der Waals surface area contributed by atoms with Crippen LogP contribution in [-0.4, -0.2) is 42.3 Å². The van der Waals surface area contributed by atoms with Gasteiger partial charge < -0.3 is 15.5 Å². The summed E-state index contributed by atoms with van der Waals surface area (Å²) >= 11 is 0. The van der Waals surface area contributed by atoms with Crippen molar-refractivity contribution in [2.75, 3.05) is 26.0 Å². The molecule has 148 valence electrons. The minimum Gasteiger partial charge on any atom is -0.346 e. The first kappa shape index (κ1) is 21.0. The zero-order valence-corrected chi connectivity index (χ0v) is 15.7. The number of carbonyl (C=O) groups excluding carboxylic acids is 2. The summed E-state index contributed by atoms with van der Waals surface area (Å²) in [5.41, 5.74) is 1.07. The van der Waals surface area contributed by atoms with Crippen LogP contribution in [0, 0.1) is 22.9 Å². The fourth-order valence-electron chi connectivity index (χ4n) is 2.63. The van der Waals surface area contributed by atoms with Gasteiger partial charge in [0.15, 0.2) is 0 Å². The van der Waals surface area contributed by atoms with Gasteiger partial charge in [0.05, 0.1) is 11.0 Å². The highest BCUT2D eigenvalue weighted by Gasteiger charge is 2.22. The van der Waals surface area contributed by atoms with Crippen LogP contribution < -0.4 is 10.6 Å². The molecule has 0 aliphatic heterocycles. The Hall–Kier alpha value is -3.33. The number of halogens is 1. The van der Waals surface area contributed by atoms with Crippen molar-refractivity contribution in [1.82, 2.24) is 10.2 Å². The number of nitro benzene ring substituents is 1. The number of aryl methyl sites for hydroxylation is 1. The Kier molecular flexibility index (Phi) is 6.78. The Morgan fingerprint density at radius 1 is 1.14 bits per heavy atom. The Labute approximate surface area is 161 Å². The average molecular weight is 388 g/mol. The molecule has 2 N–H and O–H groups in total. The van der Waals surface area contributed by atoms with Crippen LogP contribution in [0.3, 0.4) is 0 Å². The molecule has 2 aromatic rings. The van der Waals surface area contributed by atoms with Crippen LogP contribution in [-0.2, 0) is 9.59 Å². The lowest BCUT2D eigenvalue weighted by Gasteiger charge is -2.25. The van der Waals surface area contributed by atoms with Crippen LogP contribution >= 0.6 is 0 Å². The van der Waals surface area contributed by atoms with E-state index < -0.39 is 16.7 Å². The molecule has 0 aliphatic rings. The number of benzene rings is 2. The monoisotopic (exact) mass is 388 g/mol. The van der Waals surface area contributed by atoms with Crippen LogP contribution in [0.1, 0.15) is 17.2 Å². The lowest BCUT2D eigenvalue weighted by molar-refractivity contribution is -0.384. The van der Waals surface area contributed by atoms with Gasteiger partial charge in [-0.2, -0.15) is 0 Å². The highest BCUT2D eigenvalue weighted by molar-refractivity contribution is 6.39. The number of hydrogen-bond acceptors (Lipinski definition) is 5. The van der Waals surface area contributed by atoms with Crippen molar-refractivity contribution < 1.29 is 18.9 Å². The maximum atomic E-state index is 13.1. The van der Waals surface area contributed by atoms with E-state index in [-0.39, 0.29) is 29.8 Å². The maximum absolute atomic E-state index is 13.1. The third-order valence-corrected chi connectivity index (χ3v) is 4.14. The largest absolute Gasteiger partial charge is 0.346 e. The van der Waals surface area contributed by atoms with Gasteiger partial charge >= 0.3 is 11.8 Å². The summed E-state index contributed by atoms with van der Waals surface area (Å²) in [5, 5.41) is 15.9. The highest BCUT2D eigenvalue weighted by atomic mass is 19.1. The van der Waals surface area contributed by atoms with Crippen molar-refractivity contribution >= 4 is 23.2 Å². The molecule has 0 saturated carbocycles. The van der Waals surface area contributed by atoms with Crippen LogP contribution in [0.2, 0.25) is 0 Å². The number of carbonyl (C=O) groups is 2. The Morgan fingerprint density at radius 2 is 1.79 bits per heavy atom. The molecule has 0 radical (unpaired) electrons. The van der Waals surface area contributed by atoms with Gasteiger partial charge in [-0.15, -0.1) is 0 Å². The average Bonchev–Trinajstić information content (AvgIpc) is 2.64. The van der Waals surface area contributed by atoms with E-state index in [1.165, 1.54) is 24.3 Å². The van der Waals surface area contributed by atoms with Crippen molar-refractivity contribution in [2.45, 2.75) is 13.0 Å². The fourth-order valence-corrected chi connectivity index (χ4v) is 2.63. The number of hydrogen-bond donors (Lipinski definition) is 2. The topological polar surface area (TPSA) is 105 Å². The minimum absolute atomic E-state index is 0.0570. The predicted molar refractivity (Wildman–Crippen MR) is 102 cm³/mol. The van der Waals surface area contributed by atoms with Gasteiger partial charge in [-0.3, -0.25) is 19.7 Å². The van der Waals surface area contributed by atoms with Gasteiger partial charge in [0.2, 0.25) is 0 Å². The van der Waals surface area contributed by atoms with E-state index in [1.54, 1.807) is 39.2 Å². The molecule has 2 amide bonds. The highest BCUT2D eigenvalue weighted by Crippen LogP contribution is 2.25. The Balaban J connectivity index is 2.05. The molecule has 0 bridgehead atoms. The molecule has 0 saturated heterocycles. The Morgan fingerprint density at radius 3 is 2.36 bits per heavy atom. The van der Waals surface area contributed by atoms with E-state index in [0.717, 1.165) is 5.56 Å². The molecule has 0 spiro atoms. The smallest absolute Gasteiger partial charge is 0.313 e. The minimum atomic E-state index is -1.01. The predicted octanol–water partition coefficient (Wildman–Crippen LogP) is 2.40. The molecule has 8 nitrogen and oxygen atoms in total. The van der Waals surface area contributed by atoms with Crippen LogP contribution in [0.25, 0.3) is 0 Å². The molecule has 0 fully saturated rings. The molecular weight excluding hydrogens is 367 g/mol. The zero-order valence-electron chi connectivity index (χ0n) is 15.7.